The van der Waals surface area contributed by atoms with Crippen molar-refractivity contribution in [3.63, 3.8) is 0 Å². The van der Waals surface area contributed by atoms with E-state index in [1.54, 1.807) is 0 Å². The third-order valence-corrected chi connectivity index (χ3v) is 5.26. The summed E-state index contributed by atoms with van der Waals surface area (Å²) in [5.74, 6) is -0.289. The molecule has 22 heavy (non-hydrogen) atoms. The van der Waals surface area contributed by atoms with Crippen LogP contribution in [-0.4, -0.2) is 21.3 Å². The summed E-state index contributed by atoms with van der Waals surface area (Å²) < 4.78 is 1.51. The van der Waals surface area contributed by atoms with Crippen LogP contribution in [0.5, 0.6) is 0 Å². The zero-order valence-electron chi connectivity index (χ0n) is 12.8. The quantitative estimate of drug-likeness (QED) is 0.925. The first kappa shape index (κ1) is 15.2. The van der Waals surface area contributed by atoms with Crippen LogP contribution < -0.4 is 10.9 Å². The number of carbonyl (C=O) groups excluding carboxylic acids is 1. The normalized spacial score (nSPS) is 17.1. The predicted octanol–water partition coefficient (Wildman–Crippen LogP) is 2.91. The van der Waals surface area contributed by atoms with Gasteiger partial charge in [0.2, 0.25) is 0 Å². The molecule has 6 heteroatoms. The lowest BCUT2D eigenvalue weighted by Crippen LogP contribution is -2.38. The van der Waals surface area contributed by atoms with E-state index in [-0.39, 0.29) is 23.1 Å². The van der Waals surface area contributed by atoms with Crippen LogP contribution in [0.1, 0.15) is 61.0 Å². The van der Waals surface area contributed by atoms with E-state index in [1.165, 1.54) is 41.2 Å². The minimum absolute atomic E-state index is 0.140. The number of nitrogens with one attached hydrogen (secondary N) is 1. The lowest BCUT2D eigenvalue weighted by atomic mass is 9.96. The molecule has 2 heterocycles. The second kappa shape index (κ2) is 6.60. The van der Waals surface area contributed by atoms with Crippen LogP contribution in [0.25, 0.3) is 4.96 Å². The minimum Gasteiger partial charge on any atom is -0.349 e. The van der Waals surface area contributed by atoms with Gasteiger partial charge < -0.3 is 5.32 Å². The number of nitrogens with zero attached hydrogens (tertiary/aromatic N) is 2. The first-order chi connectivity index (χ1) is 10.7. The molecule has 0 saturated heterocycles. The first-order valence-corrected chi connectivity index (χ1v) is 8.81. The highest BCUT2D eigenvalue weighted by Crippen LogP contribution is 2.17. The van der Waals surface area contributed by atoms with Crippen LogP contribution in [0.15, 0.2) is 16.4 Å². The van der Waals surface area contributed by atoms with Crippen LogP contribution in [0.4, 0.5) is 0 Å². The molecule has 2 aromatic rings. The second-order valence-electron chi connectivity index (χ2n) is 5.99. The van der Waals surface area contributed by atoms with Crippen molar-refractivity contribution in [3.8, 4) is 0 Å². The Hall–Kier alpha value is -1.69. The Morgan fingerprint density at radius 3 is 2.68 bits per heavy atom. The Morgan fingerprint density at radius 2 is 1.95 bits per heavy atom. The molecule has 0 aliphatic heterocycles. The van der Waals surface area contributed by atoms with E-state index in [4.69, 9.17) is 0 Å². The molecule has 0 aromatic carbocycles. The highest BCUT2D eigenvalue weighted by atomic mass is 32.1. The van der Waals surface area contributed by atoms with E-state index in [1.807, 2.05) is 12.3 Å². The topological polar surface area (TPSA) is 63.5 Å². The summed E-state index contributed by atoms with van der Waals surface area (Å²) in [7, 11) is 0. The molecule has 5 nitrogen and oxygen atoms in total. The molecule has 1 fully saturated rings. The van der Waals surface area contributed by atoms with Gasteiger partial charge >= 0.3 is 0 Å². The average molecular weight is 319 g/mol. The molecule has 1 aliphatic rings. The van der Waals surface area contributed by atoms with Crippen molar-refractivity contribution in [1.82, 2.24) is 14.7 Å². The zero-order valence-corrected chi connectivity index (χ0v) is 13.6. The SMILES string of the molecule is Cc1csc2ncc(C(=O)NC3CCCCCCC3)c(=O)n12. The third kappa shape index (κ3) is 3.06. The molecule has 0 radical (unpaired) electrons. The molecule has 0 unspecified atom stereocenters. The van der Waals surface area contributed by atoms with Gasteiger partial charge in [-0.25, -0.2) is 4.98 Å². The Bertz CT molecular complexity index is 727. The van der Waals surface area contributed by atoms with Crippen molar-refractivity contribution in [2.24, 2.45) is 0 Å². The van der Waals surface area contributed by atoms with Gasteiger partial charge in [-0.15, -0.1) is 11.3 Å². The Labute approximate surface area is 133 Å². The number of thiazole rings is 1. The molecule has 2 aromatic heterocycles. The number of fused-ring (bicyclic) bond motifs is 1. The van der Waals surface area contributed by atoms with Crippen molar-refractivity contribution in [1.29, 1.82) is 0 Å². The summed E-state index contributed by atoms with van der Waals surface area (Å²) in [5, 5.41) is 4.91. The van der Waals surface area contributed by atoms with Gasteiger partial charge in [-0.05, 0) is 19.8 Å². The lowest BCUT2D eigenvalue weighted by molar-refractivity contribution is 0.0928. The number of carbonyl (C=O) groups is 1. The van der Waals surface area contributed by atoms with Gasteiger partial charge in [0.1, 0.15) is 5.56 Å². The summed E-state index contributed by atoms with van der Waals surface area (Å²) in [4.78, 5) is 29.8. The highest BCUT2D eigenvalue weighted by molar-refractivity contribution is 7.15. The van der Waals surface area contributed by atoms with Gasteiger partial charge in [0.25, 0.3) is 11.5 Å². The molecule has 1 aliphatic carbocycles. The number of hydrogen-bond acceptors (Lipinski definition) is 4. The van der Waals surface area contributed by atoms with Crippen LogP contribution in [0.3, 0.4) is 0 Å². The third-order valence-electron chi connectivity index (χ3n) is 4.30. The summed E-state index contributed by atoms with van der Waals surface area (Å²) in [6.45, 7) is 1.85. The fourth-order valence-corrected chi connectivity index (χ4v) is 3.87. The second-order valence-corrected chi connectivity index (χ2v) is 6.82. The smallest absolute Gasteiger partial charge is 0.271 e. The van der Waals surface area contributed by atoms with Crippen LogP contribution >= 0.6 is 11.3 Å². The summed E-state index contributed by atoms with van der Waals surface area (Å²) in [6.07, 6.45) is 9.45. The molecule has 118 valence electrons. The summed E-state index contributed by atoms with van der Waals surface area (Å²) >= 11 is 1.41. The maximum Gasteiger partial charge on any atom is 0.271 e. The zero-order chi connectivity index (χ0) is 15.5. The fourth-order valence-electron chi connectivity index (χ4n) is 3.04. The standard InChI is InChI=1S/C16H21N3O2S/c1-11-10-22-16-17-9-13(15(21)19(11)16)14(20)18-12-7-5-3-2-4-6-8-12/h9-10,12H,2-8H2,1H3,(H,18,20). The number of aromatic nitrogens is 2. The van der Waals surface area contributed by atoms with E-state index in [2.05, 4.69) is 10.3 Å². The highest BCUT2D eigenvalue weighted by Gasteiger charge is 2.19. The number of aryl methyl sites for hydroxylation is 1. The van der Waals surface area contributed by atoms with E-state index in [9.17, 15) is 9.59 Å². The van der Waals surface area contributed by atoms with Crippen LogP contribution in [-0.2, 0) is 0 Å². The molecule has 1 N–H and O–H groups in total. The molecular formula is C16H21N3O2S. The Morgan fingerprint density at radius 1 is 1.27 bits per heavy atom. The van der Waals surface area contributed by atoms with Crippen molar-refractivity contribution in [3.05, 3.63) is 33.2 Å². The Kier molecular flexibility index (Phi) is 4.57. The predicted molar refractivity (Wildman–Crippen MR) is 87.6 cm³/mol. The minimum atomic E-state index is -0.289. The van der Waals surface area contributed by atoms with Gasteiger partial charge in [0, 0.05) is 23.3 Å². The molecule has 1 saturated carbocycles. The van der Waals surface area contributed by atoms with Gasteiger partial charge in [-0.3, -0.25) is 14.0 Å². The molecular weight excluding hydrogens is 298 g/mol. The summed E-state index contributed by atoms with van der Waals surface area (Å²) in [6, 6.07) is 0.177. The number of rotatable bonds is 2. The van der Waals surface area contributed by atoms with Gasteiger partial charge in [-0.2, -0.15) is 0 Å². The van der Waals surface area contributed by atoms with Crippen LogP contribution in [0.2, 0.25) is 0 Å². The van der Waals surface area contributed by atoms with Crippen molar-refractivity contribution in [2.45, 2.75) is 57.9 Å². The van der Waals surface area contributed by atoms with Gasteiger partial charge in [0.15, 0.2) is 4.96 Å². The van der Waals surface area contributed by atoms with Crippen molar-refractivity contribution in [2.75, 3.05) is 0 Å². The maximum atomic E-state index is 12.5. The molecule has 1 amide bonds. The van der Waals surface area contributed by atoms with E-state index in [0.29, 0.717) is 4.96 Å². The van der Waals surface area contributed by atoms with Gasteiger partial charge in [0.05, 0.1) is 0 Å². The molecule has 0 spiro atoms. The van der Waals surface area contributed by atoms with E-state index < -0.39 is 0 Å². The number of hydrogen-bond donors (Lipinski definition) is 1. The van der Waals surface area contributed by atoms with Crippen LogP contribution in [0, 0.1) is 6.92 Å². The summed E-state index contributed by atoms with van der Waals surface area (Å²) in [5.41, 5.74) is 0.686. The number of amides is 1. The maximum absolute atomic E-state index is 12.5. The van der Waals surface area contributed by atoms with Crippen molar-refractivity contribution >= 4 is 22.2 Å². The fraction of sp³-hybridized carbons (Fsp3) is 0.562. The monoisotopic (exact) mass is 319 g/mol. The average Bonchev–Trinajstić information content (AvgIpc) is 2.84. The van der Waals surface area contributed by atoms with Gasteiger partial charge in [-0.1, -0.05) is 32.1 Å². The molecule has 0 atom stereocenters. The van der Waals surface area contributed by atoms with E-state index in [0.717, 1.165) is 31.4 Å². The largest absolute Gasteiger partial charge is 0.349 e. The molecule has 0 bridgehead atoms. The van der Waals surface area contributed by atoms with E-state index >= 15 is 0 Å². The Balaban J connectivity index is 1.81. The lowest BCUT2D eigenvalue weighted by Gasteiger charge is -2.20. The first-order valence-electron chi connectivity index (χ1n) is 7.93. The molecule has 3 rings (SSSR count). The van der Waals surface area contributed by atoms with Crippen molar-refractivity contribution < 1.29 is 4.79 Å².